The number of hydrogen-bond donors (Lipinski definition) is 1. The van der Waals surface area contributed by atoms with Crippen LogP contribution in [0.4, 0.5) is 5.69 Å². The predicted octanol–water partition coefficient (Wildman–Crippen LogP) is 3.75. The molecule has 21 heavy (non-hydrogen) atoms. The Labute approximate surface area is 128 Å². The average Bonchev–Trinajstić information content (AvgIpc) is 2.76. The maximum Gasteiger partial charge on any atom is 0.124 e. The van der Waals surface area contributed by atoms with Gasteiger partial charge in [-0.05, 0) is 25.1 Å². The van der Waals surface area contributed by atoms with Gasteiger partial charge in [-0.3, -0.25) is 0 Å². The maximum atomic E-state index is 5.83. The van der Waals surface area contributed by atoms with Crippen LogP contribution >= 0.6 is 0 Å². The summed E-state index contributed by atoms with van der Waals surface area (Å²) in [5, 5.41) is 0. The molecule has 0 atom stereocenters. The second kappa shape index (κ2) is 6.45. The molecule has 0 bridgehead atoms. The van der Waals surface area contributed by atoms with E-state index >= 15 is 0 Å². The van der Waals surface area contributed by atoms with Crippen LogP contribution in [0.2, 0.25) is 25.7 Å². The Morgan fingerprint density at radius 3 is 2.48 bits per heavy atom. The van der Waals surface area contributed by atoms with Crippen molar-refractivity contribution in [1.82, 2.24) is 9.55 Å². The van der Waals surface area contributed by atoms with Crippen molar-refractivity contribution in [2.24, 2.45) is 0 Å². The van der Waals surface area contributed by atoms with Gasteiger partial charge in [-0.25, -0.2) is 4.98 Å². The summed E-state index contributed by atoms with van der Waals surface area (Å²) in [5.41, 5.74) is 9.75. The highest BCUT2D eigenvalue weighted by Crippen LogP contribution is 2.24. The van der Waals surface area contributed by atoms with Gasteiger partial charge in [0, 0.05) is 25.9 Å². The number of aromatic nitrogens is 2. The van der Waals surface area contributed by atoms with Gasteiger partial charge in [0.15, 0.2) is 0 Å². The van der Waals surface area contributed by atoms with Crippen molar-refractivity contribution in [3.05, 3.63) is 36.3 Å². The lowest BCUT2D eigenvalue weighted by Gasteiger charge is -2.16. The SMILES string of the molecule is Cc1ncn(COCC[Si](C)(C)C)c1-c1ccc(N)cc1. The number of nitrogen functional groups attached to an aromatic ring is 1. The van der Waals surface area contributed by atoms with Crippen LogP contribution in [0.1, 0.15) is 5.69 Å². The van der Waals surface area contributed by atoms with Crippen LogP contribution in [0, 0.1) is 6.92 Å². The average molecular weight is 303 g/mol. The fraction of sp³-hybridized carbons (Fsp3) is 0.438. The Morgan fingerprint density at radius 1 is 1.19 bits per heavy atom. The molecule has 114 valence electrons. The molecule has 0 fully saturated rings. The molecule has 0 amide bonds. The predicted molar refractivity (Wildman–Crippen MR) is 90.9 cm³/mol. The summed E-state index contributed by atoms with van der Waals surface area (Å²) < 4.78 is 7.89. The zero-order valence-corrected chi connectivity index (χ0v) is 14.4. The smallest absolute Gasteiger partial charge is 0.124 e. The van der Waals surface area contributed by atoms with Crippen LogP contribution in [-0.2, 0) is 11.5 Å². The van der Waals surface area contributed by atoms with Crippen molar-refractivity contribution in [2.75, 3.05) is 12.3 Å². The second-order valence-corrected chi connectivity index (χ2v) is 12.2. The van der Waals surface area contributed by atoms with E-state index in [2.05, 4.69) is 29.2 Å². The monoisotopic (exact) mass is 303 g/mol. The quantitative estimate of drug-likeness (QED) is 0.502. The highest BCUT2D eigenvalue weighted by atomic mass is 28.3. The first kappa shape index (κ1) is 15.8. The number of ether oxygens (including phenoxy) is 1. The van der Waals surface area contributed by atoms with Gasteiger partial charge >= 0.3 is 0 Å². The molecule has 1 aromatic carbocycles. The summed E-state index contributed by atoms with van der Waals surface area (Å²) >= 11 is 0. The lowest BCUT2D eigenvalue weighted by Crippen LogP contribution is -2.22. The summed E-state index contributed by atoms with van der Waals surface area (Å²) in [6.45, 7) is 10.5. The minimum atomic E-state index is -1.04. The second-order valence-electron chi connectivity index (χ2n) is 6.62. The fourth-order valence-electron chi connectivity index (χ4n) is 2.14. The molecule has 0 spiro atoms. The minimum Gasteiger partial charge on any atom is -0.399 e. The number of nitrogens with zero attached hydrogens (tertiary/aromatic N) is 2. The summed E-state index contributed by atoms with van der Waals surface area (Å²) in [6.07, 6.45) is 1.84. The molecule has 1 heterocycles. The molecule has 0 aliphatic rings. The molecule has 0 radical (unpaired) electrons. The third-order valence-electron chi connectivity index (χ3n) is 3.43. The summed E-state index contributed by atoms with van der Waals surface area (Å²) in [6, 6.07) is 9.06. The van der Waals surface area contributed by atoms with Crippen LogP contribution in [0.25, 0.3) is 11.3 Å². The lowest BCUT2D eigenvalue weighted by molar-refractivity contribution is 0.0881. The third-order valence-corrected chi connectivity index (χ3v) is 5.14. The first-order chi connectivity index (χ1) is 9.87. The van der Waals surface area contributed by atoms with Gasteiger partial charge in [0.05, 0.1) is 17.7 Å². The van der Waals surface area contributed by atoms with Crippen molar-refractivity contribution < 1.29 is 4.74 Å². The van der Waals surface area contributed by atoms with E-state index in [0.29, 0.717) is 6.73 Å². The van der Waals surface area contributed by atoms with Gasteiger partial charge in [-0.1, -0.05) is 31.8 Å². The fourth-order valence-corrected chi connectivity index (χ4v) is 2.89. The van der Waals surface area contributed by atoms with Gasteiger partial charge < -0.3 is 15.0 Å². The molecule has 1 aromatic heterocycles. The number of aryl methyl sites for hydroxylation is 1. The van der Waals surface area contributed by atoms with Crippen LogP contribution in [0.15, 0.2) is 30.6 Å². The zero-order chi connectivity index (χ0) is 15.5. The standard InChI is InChI=1S/C16H25N3OSi/c1-13-16(14-5-7-15(17)8-6-14)19(11-18-13)12-20-9-10-21(2,3)4/h5-8,11H,9-10,12,17H2,1-4H3. The molecule has 0 aliphatic carbocycles. The molecule has 0 saturated heterocycles. The van der Waals surface area contributed by atoms with Gasteiger partial charge in [0.1, 0.15) is 6.73 Å². The number of hydrogen-bond acceptors (Lipinski definition) is 3. The molecule has 0 saturated carbocycles. The van der Waals surface area contributed by atoms with Crippen molar-refractivity contribution in [2.45, 2.75) is 39.3 Å². The Hall–Kier alpha value is -1.59. The maximum absolute atomic E-state index is 5.83. The van der Waals surface area contributed by atoms with Gasteiger partial charge in [-0.2, -0.15) is 0 Å². The lowest BCUT2D eigenvalue weighted by atomic mass is 10.1. The zero-order valence-electron chi connectivity index (χ0n) is 13.4. The van der Waals surface area contributed by atoms with Crippen LogP contribution in [0.3, 0.4) is 0 Å². The molecule has 0 unspecified atom stereocenters. The number of imidazole rings is 1. The molecule has 2 rings (SSSR count). The summed E-state index contributed by atoms with van der Waals surface area (Å²) in [5.74, 6) is 0. The van der Waals surface area contributed by atoms with Crippen molar-refractivity contribution in [3.8, 4) is 11.3 Å². The highest BCUT2D eigenvalue weighted by Gasteiger charge is 2.13. The van der Waals surface area contributed by atoms with Crippen molar-refractivity contribution >= 4 is 13.8 Å². The number of rotatable bonds is 6. The third kappa shape index (κ3) is 4.44. The number of benzene rings is 1. The molecule has 5 heteroatoms. The van der Waals surface area contributed by atoms with Gasteiger partial charge in [0.2, 0.25) is 0 Å². The topological polar surface area (TPSA) is 53.1 Å². The van der Waals surface area contributed by atoms with Crippen molar-refractivity contribution in [3.63, 3.8) is 0 Å². The van der Waals surface area contributed by atoms with E-state index in [9.17, 15) is 0 Å². The first-order valence-electron chi connectivity index (χ1n) is 7.32. The molecular weight excluding hydrogens is 278 g/mol. The molecule has 2 aromatic rings. The van der Waals surface area contributed by atoms with Gasteiger partial charge in [-0.15, -0.1) is 0 Å². The van der Waals surface area contributed by atoms with E-state index in [1.54, 1.807) is 0 Å². The van der Waals surface area contributed by atoms with Crippen LogP contribution < -0.4 is 5.73 Å². The van der Waals surface area contributed by atoms with Crippen LogP contribution in [-0.4, -0.2) is 24.2 Å². The van der Waals surface area contributed by atoms with Crippen LogP contribution in [0.5, 0.6) is 0 Å². The Morgan fingerprint density at radius 2 is 1.86 bits per heavy atom. The Bertz CT molecular complexity index is 585. The van der Waals surface area contributed by atoms with Gasteiger partial charge in [0.25, 0.3) is 0 Å². The van der Waals surface area contributed by atoms with E-state index < -0.39 is 8.07 Å². The normalized spacial score (nSPS) is 11.8. The molecule has 0 aliphatic heterocycles. The molecular formula is C16H25N3OSi. The first-order valence-corrected chi connectivity index (χ1v) is 11.0. The van der Waals surface area contributed by atoms with E-state index in [4.69, 9.17) is 10.5 Å². The molecule has 4 nitrogen and oxygen atoms in total. The largest absolute Gasteiger partial charge is 0.399 e. The van der Waals surface area contributed by atoms with E-state index in [-0.39, 0.29) is 0 Å². The summed E-state index contributed by atoms with van der Waals surface area (Å²) in [4.78, 5) is 4.40. The Balaban J connectivity index is 2.06. The highest BCUT2D eigenvalue weighted by molar-refractivity contribution is 6.76. The number of nitrogens with two attached hydrogens (primary N) is 1. The molecule has 2 N–H and O–H groups in total. The van der Waals surface area contributed by atoms with Crippen molar-refractivity contribution in [1.29, 1.82) is 0 Å². The summed E-state index contributed by atoms with van der Waals surface area (Å²) in [7, 11) is -1.04. The number of anilines is 1. The van der Waals surface area contributed by atoms with E-state index in [1.807, 2.05) is 37.5 Å². The van der Waals surface area contributed by atoms with E-state index in [0.717, 1.165) is 29.2 Å². The van der Waals surface area contributed by atoms with E-state index in [1.165, 1.54) is 6.04 Å². The Kier molecular flexibility index (Phi) is 4.85. The minimum absolute atomic E-state index is 0.547.